The molecule has 0 bridgehead atoms. The number of nitrogens with one attached hydrogen (secondary N) is 1. The molecule has 0 aromatic heterocycles. The molecule has 0 heterocycles. The van der Waals surface area contributed by atoms with Crippen molar-refractivity contribution in [1.82, 2.24) is 3.80 Å². The van der Waals surface area contributed by atoms with Crippen molar-refractivity contribution in [2.75, 3.05) is 0 Å². The second-order valence-electron chi connectivity index (χ2n) is 8.41. The number of rotatable bonds is 6. The molecule has 0 spiro atoms. The second kappa shape index (κ2) is 9.24. The van der Waals surface area contributed by atoms with Gasteiger partial charge in [-0.15, -0.1) is 0 Å². The maximum atomic E-state index is 4.28. The molecule has 0 fully saturated rings. The average molecular weight is 406 g/mol. The van der Waals surface area contributed by atoms with E-state index in [1.165, 1.54) is 11.1 Å². The van der Waals surface area contributed by atoms with Crippen LogP contribution in [0.3, 0.4) is 0 Å². The van der Waals surface area contributed by atoms with Gasteiger partial charge in [0.2, 0.25) is 0 Å². The van der Waals surface area contributed by atoms with Gasteiger partial charge in [-0.25, -0.2) is 0 Å². The number of hydrogen-bond acceptors (Lipinski definition) is 1. The molecule has 2 rings (SSSR count). The van der Waals surface area contributed by atoms with Gasteiger partial charge in [-0.1, -0.05) is 0 Å². The predicted octanol–water partition coefficient (Wildman–Crippen LogP) is -0.00920. The number of allylic oxidation sites excluding steroid dienone is 8. The fourth-order valence-electron chi connectivity index (χ4n) is 3.67. The summed E-state index contributed by atoms with van der Waals surface area (Å²) in [5, 5.41) is 2.59. The van der Waals surface area contributed by atoms with Gasteiger partial charge in [0, 0.05) is 0 Å². The summed E-state index contributed by atoms with van der Waals surface area (Å²) in [6.07, 6.45) is 19.6. The van der Waals surface area contributed by atoms with Gasteiger partial charge in [0.05, 0.1) is 0 Å². The zero-order valence-electron chi connectivity index (χ0n) is 15.9. The molecular formula is C20H33Cl2NTi-2. The topological polar surface area (TPSA) is 12.0 Å². The molecule has 0 amide bonds. The van der Waals surface area contributed by atoms with Crippen LogP contribution in [0.2, 0.25) is 14.2 Å². The third-order valence-corrected chi connectivity index (χ3v) is 12.6. The van der Waals surface area contributed by atoms with Crippen LogP contribution in [0.25, 0.3) is 0 Å². The fraction of sp³-hybridized carbons (Fsp3) is 0.600. The molecule has 0 aromatic carbocycles. The first-order chi connectivity index (χ1) is 10.2. The summed E-state index contributed by atoms with van der Waals surface area (Å²) in [5.74, 6) is 0.626. The van der Waals surface area contributed by atoms with Crippen LogP contribution in [-0.2, 0) is 16.8 Å². The van der Waals surface area contributed by atoms with E-state index in [2.05, 4.69) is 92.3 Å². The number of hydrogen-bond donors (Lipinski definition) is 1. The molecule has 0 aliphatic heterocycles. The molecule has 138 valence electrons. The van der Waals surface area contributed by atoms with Crippen LogP contribution in [-0.4, -0.2) is 5.54 Å². The van der Waals surface area contributed by atoms with Crippen LogP contribution in [0.4, 0.5) is 0 Å². The zero-order chi connectivity index (χ0) is 16.4. The minimum absolute atomic E-state index is 0. The quantitative estimate of drug-likeness (QED) is 0.613. The Balaban J connectivity index is 0.00000264. The zero-order valence-corrected chi connectivity index (χ0v) is 19.0. The molecule has 0 saturated carbocycles. The fourth-order valence-corrected chi connectivity index (χ4v) is 11.0. The first-order valence-corrected chi connectivity index (χ1v) is 13.0. The monoisotopic (exact) mass is 405 g/mol. The summed E-state index contributed by atoms with van der Waals surface area (Å²) in [7, 11) is 0. The van der Waals surface area contributed by atoms with E-state index >= 15 is 0 Å². The molecule has 1 nitrogen and oxygen atoms in total. The van der Waals surface area contributed by atoms with Gasteiger partial charge in [0.15, 0.2) is 0 Å². The van der Waals surface area contributed by atoms with Crippen LogP contribution in [0.5, 0.6) is 0 Å². The Morgan fingerprint density at radius 1 is 0.875 bits per heavy atom. The van der Waals surface area contributed by atoms with E-state index < -0.39 is 16.8 Å². The summed E-state index contributed by atoms with van der Waals surface area (Å²) in [6, 6.07) is 0. The molecule has 2 unspecified atom stereocenters. The van der Waals surface area contributed by atoms with Crippen LogP contribution in [0, 0.1) is 11.3 Å². The normalized spacial score (nSPS) is 22.1. The van der Waals surface area contributed by atoms with Gasteiger partial charge in [-0.3, -0.25) is 0 Å². The Bertz CT molecular complexity index is 494. The van der Waals surface area contributed by atoms with Crippen LogP contribution in [0.15, 0.2) is 48.6 Å². The third-order valence-electron chi connectivity index (χ3n) is 5.90. The standard InChI is InChI=1S/C8H18N.C6H7.C5H5.CH3.2ClH.Ti/c1-6-8(5,9)7(2,3)4;1-6-4-2-3-5-6;1-2-4-5-3-1;;;;/h9H,6H2,1-5H3;2-6H,1H2;1-5H;1H3;2*1H;/q-1;;;;;;+1/p-2. The Morgan fingerprint density at radius 2 is 1.33 bits per heavy atom. The second-order valence-corrected chi connectivity index (χ2v) is 14.9. The SMILES string of the molecule is CCC(C)([NH][Ti]([CH3])([CH2]C1C=CC=C1)[CH]1C=CC=C1)C(C)(C)C.[Cl-].[Cl-]. The van der Waals surface area contributed by atoms with Crippen molar-refractivity contribution in [3.8, 4) is 0 Å². The van der Waals surface area contributed by atoms with E-state index in [4.69, 9.17) is 0 Å². The minimum atomic E-state index is -2.28. The van der Waals surface area contributed by atoms with Crippen molar-refractivity contribution in [2.45, 2.75) is 60.8 Å². The van der Waals surface area contributed by atoms with Crippen molar-refractivity contribution in [2.24, 2.45) is 11.3 Å². The largest absolute Gasteiger partial charge is 1.00 e. The van der Waals surface area contributed by atoms with E-state index in [1.807, 2.05) is 0 Å². The summed E-state index contributed by atoms with van der Waals surface area (Å²) >= 11 is -2.28. The van der Waals surface area contributed by atoms with Crippen molar-refractivity contribution >= 4 is 0 Å². The molecule has 24 heavy (non-hydrogen) atoms. The molecule has 2 aliphatic rings. The molecule has 0 radical (unpaired) electrons. The van der Waals surface area contributed by atoms with Crippen molar-refractivity contribution < 1.29 is 41.7 Å². The summed E-state index contributed by atoms with van der Waals surface area (Å²) in [5.41, 5.74) is 0.458. The van der Waals surface area contributed by atoms with Crippen molar-refractivity contribution in [1.29, 1.82) is 0 Å². The smallest absolute Gasteiger partial charge is 1.00 e. The maximum absolute atomic E-state index is 4.28. The van der Waals surface area contributed by atoms with Crippen LogP contribution in [0.1, 0.15) is 41.0 Å². The van der Waals surface area contributed by atoms with Crippen molar-refractivity contribution in [3.05, 3.63) is 48.6 Å². The maximum Gasteiger partial charge on any atom is -1.00 e. The molecule has 2 aliphatic carbocycles. The summed E-state index contributed by atoms with van der Waals surface area (Å²) in [4.78, 5) is 0. The Hall–Kier alpha value is 0.214. The summed E-state index contributed by atoms with van der Waals surface area (Å²) < 4.78 is 6.25. The van der Waals surface area contributed by atoms with Crippen LogP contribution < -0.4 is 28.6 Å². The van der Waals surface area contributed by atoms with E-state index in [1.54, 1.807) is 0 Å². The van der Waals surface area contributed by atoms with E-state index in [0.29, 0.717) is 10.1 Å². The Labute approximate surface area is 165 Å². The first-order valence-electron chi connectivity index (χ1n) is 8.69. The summed E-state index contributed by atoms with van der Waals surface area (Å²) in [6.45, 7) is 11.9. The van der Waals surface area contributed by atoms with Crippen LogP contribution >= 0.6 is 0 Å². The third kappa shape index (κ3) is 5.35. The first kappa shape index (κ1) is 24.2. The molecule has 1 N–H and O–H groups in total. The number of halogens is 2. The molecule has 0 saturated heterocycles. The molecule has 0 aromatic rings. The Morgan fingerprint density at radius 3 is 1.75 bits per heavy atom. The average Bonchev–Trinajstić information content (AvgIpc) is 3.09. The van der Waals surface area contributed by atoms with Gasteiger partial charge in [-0.2, -0.15) is 0 Å². The molecule has 2 atom stereocenters. The van der Waals surface area contributed by atoms with Gasteiger partial charge in [0.1, 0.15) is 0 Å². The van der Waals surface area contributed by atoms with Gasteiger partial charge >= 0.3 is 141 Å². The molecular weight excluding hydrogens is 373 g/mol. The van der Waals surface area contributed by atoms with E-state index in [9.17, 15) is 0 Å². The van der Waals surface area contributed by atoms with E-state index in [-0.39, 0.29) is 35.8 Å². The van der Waals surface area contributed by atoms with E-state index in [0.717, 1.165) is 0 Å². The predicted molar refractivity (Wildman–Crippen MR) is 95.8 cm³/mol. The Kier molecular flexibility index (Phi) is 9.32. The minimum Gasteiger partial charge on any atom is -1.00 e. The van der Waals surface area contributed by atoms with Gasteiger partial charge in [0.25, 0.3) is 0 Å². The van der Waals surface area contributed by atoms with Crippen molar-refractivity contribution in [3.63, 3.8) is 0 Å². The van der Waals surface area contributed by atoms with Gasteiger partial charge in [-0.05, 0) is 0 Å². The van der Waals surface area contributed by atoms with Gasteiger partial charge < -0.3 is 24.8 Å². The molecule has 4 heteroatoms.